The van der Waals surface area contributed by atoms with E-state index in [4.69, 9.17) is 6.42 Å². The van der Waals surface area contributed by atoms with Crippen molar-refractivity contribution in [3.63, 3.8) is 0 Å². The number of carboxylic acid groups (broad SMARTS) is 1. The van der Waals surface area contributed by atoms with Crippen molar-refractivity contribution in [1.82, 2.24) is 10.2 Å². The van der Waals surface area contributed by atoms with Gasteiger partial charge in [-0.05, 0) is 19.3 Å². The van der Waals surface area contributed by atoms with Gasteiger partial charge in [-0.3, -0.25) is 4.79 Å². The number of rotatable bonds is 7. The second-order valence-electron chi connectivity index (χ2n) is 5.31. The van der Waals surface area contributed by atoms with Crippen LogP contribution in [0.15, 0.2) is 0 Å². The second kappa shape index (κ2) is 8.83. The van der Waals surface area contributed by atoms with E-state index in [1.807, 2.05) is 6.92 Å². The molecular formula is C15H24N2O3S. The molecule has 0 spiro atoms. The summed E-state index contributed by atoms with van der Waals surface area (Å²) < 4.78 is 0. The van der Waals surface area contributed by atoms with E-state index in [1.54, 1.807) is 16.7 Å². The molecule has 0 aromatic rings. The maximum absolute atomic E-state index is 12.0. The van der Waals surface area contributed by atoms with Gasteiger partial charge in [0.05, 0.1) is 11.2 Å². The average molecular weight is 312 g/mol. The first-order valence-electron chi connectivity index (χ1n) is 7.33. The Bertz CT molecular complexity index is 398. The van der Waals surface area contributed by atoms with Crippen molar-refractivity contribution in [2.75, 3.05) is 31.1 Å². The van der Waals surface area contributed by atoms with Gasteiger partial charge in [0, 0.05) is 25.4 Å². The van der Waals surface area contributed by atoms with Gasteiger partial charge in [0.1, 0.15) is 0 Å². The number of hydrogen-bond acceptors (Lipinski definition) is 3. The van der Waals surface area contributed by atoms with E-state index in [0.29, 0.717) is 44.6 Å². The molecular weight excluding hydrogens is 288 g/mol. The van der Waals surface area contributed by atoms with Gasteiger partial charge in [0.2, 0.25) is 0 Å². The smallest absolute Gasteiger partial charge is 0.317 e. The van der Waals surface area contributed by atoms with E-state index in [2.05, 4.69) is 11.2 Å². The number of nitrogens with one attached hydrogen (secondary N) is 1. The van der Waals surface area contributed by atoms with Gasteiger partial charge in [-0.25, -0.2) is 4.79 Å². The maximum Gasteiger partial charge on any atom is 0.317 e. The number of carbonyl (C=O) groups is 2. The molecule has 1 aliphatic heterocycles. The Hall–Kier alpha value is -1.35. The molecule has 5 nitrogen and oxygen atoms in total. The summed E-state index contributed by atoms with van der Waals surface area (Å²) in [4.78, 5) is 25.2. The van der Waals surface area contributed by atoms with Gasteiger partial charge in [-0.1, -0.05) is 19.3 Å². The van der Waals surface area contributed by atoms with Crippen LogP contribution in [0.4, 0.5) is 4.79 Å². The molecule has 0 aromatic carbocycles. The molecule has 1 heterocycles. The monoisotopic (exact) mass is 312 g/mol. The number of likely N-dealkylation sites (tertiary alicyclic amines) is 1. The highest BCUT2D eigenvalue weighted by Gasteiger charge is 2.41. The van der Waals surface area contributed by atoms with E-state index in [9.17, 15) is 14.7 Å². The van der Waals surface area contributed by atoms with Gasteiger partial charge in [0.15, 0.2) is 0 Å². The molecule has 1 saturated heterocycles. The third-order valence-corrected chi connectivity index (χ3v) is 4.76. The highest BCUT2D eigenvalue weighted by atomic mass is 32.2. The summed E-state index contributed by atoms with van der Waals surface area (Å²) in [5.41, 5.74) is -0.645. The van der Waals surface area contributed by atoms with Crippen LogP contribution < -0.4 is 5.32 Å². The van der Waals surface area contributed by atoms with Crippen molar-refractivity contribution < 1.29 is 14.7 Å². The van der Waals surface area contributed by atoms with Crippen LogP contribution in [-0.2, 0) is 4.79 Å². The fraction of sp³-hybridized carbons (Fsp3) is 0.733. The average Bonchev–Trinajstić information content (AvgIpc) is 2.47. The number of thioether (sulfide) groups is 1. The fourth-order valence-electron chi connectivity index (χ4n) is 2.66. The van der Waals surface area contributed by atoms with Gasteiger partial charge in [-0.15, -0.1) is 18.2 Å². The lowest BCUT2D eigenvalue weighted by molar-refractivity contribution is -0.152. The van der Waals surface area contributed by atoms with Crippen LogP contribution >= 0.6 is 11.8 Å². The fourth-order valence-corrected chi connectivity index (χ4v) is 3.17. The molecule has 0 saturated carbocycles. The molecule has 1 fully saturated rings. The molecule has 2 amide bonds. The minimum atomic E-state index is -0.727. The van der Waals surface area contributed by atoms with Crippen LogP contribution in [0.25, 0.3) is 0 Å². The number of nitrogens with zero attached hydrogens (tertiary/aromatic N) is 1. The lowest BCUT2D eigenvalue weighted by Gasteiger charge is -2.38. The van der Waals surface area contributed by atoms with E-state index < -0.39 is 11.4 Å². The third-order valence-electron chi connectivity index (χ3n) is 3.90. The van der Waals surface area contributed by atoms with Gasteiger partial charge >= 0.3 is 12.0 Å². The zero-order chi connectivity index (χ0) is 15.7. The molecule has 0 radical (unpaired) electrons. The van der Waals surface area contributed by atoms with Crippen LogP contribution in [0.2, 0.25) is 0 Å². The zero-order valence-corrected chi connectivity index (χ0v) is 13.4. The number of amides is 2. The Balaban J connectivity index is 2.36. The summed E-state index contributed by atoms with van der Waals surface area (Å²) in [6.07, 6.45) is 7.75. The van der Waals surface area contributed by atoms with E-state index in [0.717, 1.165) is 12.2 Å². The Morgan fingerprint density at radius 1 is 1.43 bits per heavy atom. The molecule has 0 atom stereocenters. The van der Waals surface area contributed by atoms with Crippen LogP contribution in [0, 0.1) is 17.8 Å². The van der Waals surface area contributed by atoms with Crippen molar-refractivity contribution in [2.24, 2.45) is 5.41 Å². The summed E-state index contributed by atoms with van der Waals surface area (Å²) in [5, 5.41) is 12.3. The number of carboxylic acids is 1. The highest BCUT2D eigenvalue weighted by Crippen LogP contribution is 2.36. The number of hydrogen-bond donors (Lipinski definition) is 2. The minimum absolute atomic E-state index is 0.105. The van der Waals surface area contributed by atoms with Crippen LogP contribution in [-0.4, -0.2) is 53.1 Å². The number of piperidine rings is 1. The molecule has 0 aromatic heterocycles. The van der Waals surface area contributed by atoms with E-state index in [-0.39, 0.29) is 6.03 Å². The number of terminal acetylenes is 1. The minimum Gasteiger partial charge on any atom is -0.481 e. The molecule has 0 unspecified atom stereocenters. The molecule has 118 valence electrons. The molecule has 6 heteroatoms. The Labute approximate surface area is 130 Å². The molecule has 2 N–H and O–H groups in total. The molecule has 1 aliphatic rings. The van der Waals surface area contributed by atoms with Crippen LogP contribution in [0.3, 0.4) is 0 Å². The summed E-state index contributed by atoms with van der Waals surface area (Å²) in [7, 11) is 0. The highest BCUT2D eigenvalue weighted by molar-refractivity contribution is 7.99. The number of aliphatic carboxylic acids is 1. The maximum atomic E-state index is 12.0. The quantitative estimate of drug-likeness (QED) is 0.557. The predicted molar refractivity (Wildman–Crippen MR) is 85.3 cm³/mol. The standard InChI is InChI=1S/C15H24N2O3S/c1-3-5-15(13(18)19)6-9-17(10-7-15)14(20)16-8-12-21-11-4-2/h2H,3,5-12H2,1H3,(H,16,20)(H,18,19). The SMILES string of the molecule is C#CCSCCNC(=O)N1CCC(CCC)(C(=O)O)CC1. The van der Waals surface area contributed by atoms with E-state index in [1.165, 1.54) is 0 Å². The van der Waals surface area contributed by atoms with Crippen molar-refractivity contribution in [2.45, 2.75) is 32.6 Å². The van der Waals surface area contributed by atoms with Crippen molar-refractivity contribution in [3.8, 4) is 12.3 Å². The lowest BCUT2D eigenvalue weighted by Crippen LogP contribution is -2.49. The van der Waals surface area contributed by atoms with Crippen LogP contribution in [0.1, 0.15) is 32.6 Å². The summed E-state index contributed by atoms with van der Waals surface area (Å²) in [6.45, 7) is 3.60. The predicted octanol–water partition coefficient (Wildman–Crippen LogP) is 2.03. The summed E-state index contributed by atoms with van der Waals surface area (Å²) >= 11 is 1.61. The number of carbonyl (C=O) groups excluding carboxylic acids is 1. The van der Waals surface area contributed by atoms with Crippen molar-refractivity contribution in [1.29, 1.82) is 0 Å². The topological polar surface area (TPSA) is 69.6 Å². The molecule has 1 rings (SSSR count). The largest absolute Gasteiger partial charge is 0.481 e. The Morgan fingerprint density at radius 2 is 2.10 bits per heavy atom. The van der Waals surface area contributed by atoms with Gasteiger partial charge in [0.25, 0.3) is 0 Å². The first-order chi connectivity index (χ1) is 10.1. The molecule has 21 heavy (non-hydrogen) atoms. The number of urea groups is 1. The zero-order valence-electron chi connectivity index (χ0n) is 12.6. The van der Waals surface area contributed by atoms with Crippen LogP contribution in [0.5, 0.6) is 0 Å². The van der Waals surface area contributed by atoms with E-state index >= 15 is 0 Å². The lowest BCUT2D eigenvalue weighted by atomic mass is 9.75. The molecule has 0 aliphatic carbocycles. The molecule has 0 bridgehead atoms. The first kappa shape index (κ1) is 17.7. The van der Waals surface area contributed by atoms with Crippen molar-refractivity contribution in [3.05, 3.63) is 0 Å². The van der Waals surface area contributed by atoms with Crippen molar-refractivity contribution >= 4 is 23.8 Å². The summed E-state index contributed by atoms with van der Waals surface area (Å²) in [5.74, 6) is 3.25. The Kier molecular flexibility index (Phi) is 7.44. The third kappa shape index (κ3) is 5.16. The first-order valence-corrected chi connectivity index (χ1v) is 8.48. The summed E-state index contributed by atoms with van der Waals surface area (Å²) in [6, 6.07) is -0.105. The Morgan fingerprint density at radius 3 is 2.62 bits per heavy atom. The van der Waals surface area contributed by atoms with Gasteiger partial charge < -0.3 is 15.3 Å². The normalized spacial score (nSPS) is 17.0. The second-order valence-corrected chi connectivity index (χ2v) is 6.42. The van der Waals surface area contributed by atoms with Gasteiger partial charge in [-0.2, -0.15) is 0 Å².